The summed E-state index contributed by atoms with van der Waals surface area (Å²) in [6, 6.07) is 12.1. The number of hydrogen-bond donors (Lipinski definition) is 1. The quantitative estimate of drug-likeness (QED) is 0.671. The fourth-order valence-corrected chi connectivity index (χ4v) is 3.08. The van der Waals surface area contributed by atoms with E-state index < -0.39 is 0 Å². The Morgan fingerprint density at radius 2 is 2.04 bits per heavy atom. The molecule has 0 aliphatic heterocycles. The van der Waals surface area contributed by atoms with E-state index in [1.165, 1.54) is 28.5 Å². The summed E-state index contributed by atoms with van der Waals surface area (Å²) in [5, 5.41) is 3.37. The molecule has 5 heteroatoms. The van der Waals surface area contributed by atoms with Gasteiger partial charge in [-0.3, -0.25) is 10.1 Å². The monoisotopic (exact) mass is 338 g/mol. The highest BCUT2D eigenvalue weighted by molar-refractivity contribution is 7.15. The first-order chi connectivity index (χ1) is 11.7. The van der Waals surface area contributed by atoms with Crippen LogP contribution in [0.25, 0.3) is 6.08 Å². The summed E-state index contributed by atoms with van der Waals surface area (Å²) < 4.78 is 5.14. The maximum Gasteiger partial charge on any atom is 0.250 e. The van der Waals surface area contributed by atoms with Crippen LogP contribution in [0.15, 0.2) is 59.4 Å². The average Bonchev–Trinajstić information content (AvgIpc) is 3.26. The lowest BCUT2D eigenvalue weighted by molar-refractivity contribution is -0.111. The third-order valence-electron chi connectivity index (χ3n) is 3.54. The number of thiazole rings is 1. The van der Waals surface area contributed by atoms with Gasteiger partial charge >= 0.3 is 0 Å². The molecule has 4 nitrogen and oxygen atoms in total. The predicted octanol–water partition coefficient (Wildman–Crippen LogP) is 4.54. The zero-order chi connectivity index (χ0) is 16.8. The highest BCUT2D eigenvalue weighted by Gasteiger charge is 2.06. The van der Waals surface area contributed by atoms with E-state index in [0.717, 1.165) is 17.7 Å². The molecule has 122 valence electrons. The van der Waals surface area contributed by atoms with Crippen LogP contribution in [0.3, 0.4) is 0 Å². The summed E-state index contributed by atoms with van der Waals surface area (Å²) in [6.07, 6.45) is 8.30. The van der Waals surface area contributed by atoms with Gasteiger partial charge in [0.2, 0.25) is 5.91 Å². The molecule has 0 radical (unpaired) electrons. The number of rotatable bonds is 6. The molecule has 2 heterocycles. The standard InChI is InChI=1S/C19H18N2O2S/c1-2-14-5-7-15(8-6-14)12-17-13-20-19(24-17)21-18(22)10-9-16-4-3-11-23-16/h3-11,13H,2,12H2,1H3,(H,20,21,22). The molecule has 24 heavy (non-hydrogen) atoms. The Kier molecular flexibility index (Phi) is 5.23. The van der Waals surface area contributed by atoms with Crippen molar-refractivity contribution < 1.29 is 9.21 Å². The number of carbonyl (C=O) groups excluding carboxylic acids is 1. The second-order valence-corrected chi connectivity index (χ2v) is 6.43. The van der Waals surface area contributed by atoms with Crippen LogP contribution < -0.4 is 5.32 Å². The fourth-order valence-electron chi connectivity index (χ4n) is 2.23. The van der Waals surface area contributed by atoms with Crippen LogP contribution in [0.5, 0.6) is 0 Å². The topological polar surface area (TPSA) is 55.1 Å². The summed E-state index contributed by atoms with van der Waals surface area (Å²) >= 11 is 1.49. The molecule has 0 spiro atoms. The van der Waals surface area contributed by atoms with E-state index in [1.54, 1.807) is 24.5 Å². The van der Waals surface area contributed by atoms with E-state index in [9.17, 15) is 4.79 Å². The predicted molar refractivity (Wildman–Crippen MR) is 97.1 cm³/mol. The van der Waals surface area contributed by atoms with Crippen molar-refractivity contribution >= 4 is 28.5 Å². The Bertz CT molecular complexity index is 817. The number of anilines is 1. The van der Waals surface area contributed by atoms with Crippen molar-refractivity contribution in [2.75, 3.05) is 5.32 Å². The van der Waals surface area contributed by atoms with Gasteiger partial charge < -0.3 is 4.42 Å². The normalized spacial score (nSPS) is 11.0. The Morgan fingerprint density at radius 1 is 1.25 bits per heavy atom. The van der Waals surface area contributed by atoms with Gasteiger partial charge in [0.1, 0.15) is 5.76 Å². The van der Waals surface area contributed by atoms with Crippen LogP contribution in [0.1, 0.15) is 28.7 Å². The second kappa shape index (κ2) is 7.75. The number of carbonyl (C=O) groups is 1. The van der Waals surface area contributed by atoms with Gasteiger partial charge in [0, 0.05) is 23.6 Å². The van der Waals surface area contributed by atoms with E-state index >= 15 is 0 Å². The molecule has 0 saturated carbocycles. The Balaban J connectivity index is 1.57. The summed E-state index contributed by atoms with van der Waals surface area (Å²) in [5.41, 5.74) is 2.57. The smallest absolute Gasteiger partial charge is 0.250 e. The van der Waals surface area contributed by atoms with Gasteiger partial charge in [-0.05, 0) is 35.8 Å². The Labute approximate surface area is 144 Å². The van der Waals surface area contributed by atoms with Gasteiger partial charge in [-0.2, -0.15) is 0 Å². The SMILES string of the molecule is CCc1ccc(Cc2cnc(NC(=O)C=Cc3ccco3)s2)cc1. The zero-order valence-corrected chi connectivity index (χ0v) is 14.2. The van der Waals surface area contributed by atoms with Crippen LogP contribution in [-0.2, 0) is 17.6 Å². The Morgan fingerprint density at radius 3 is 2.75 bits per heavy atom. The van der Waals surface area contributed by atoms with E-state index in [4.69, 9.17) is 4.42 Å². The van der Waals surface area contributed by atoms with E-state index in [2.05, 4.69) is 41.5 Å². The number of nitrogens with one attached hydrogen (secondary N) is 1. The third-order valence-corrected chi connectivity index (χ3v) is 4.45. The van der Waals surface area contributed by atoms with E-state index in [0.29, 0.717) is 10.9 Å². The van der Waals surface area contributed by atoms with E-state index in [1.807, 2.05) is 6.20 Å². The van der Waals surface area contributed by atoms with Gasteiger partial charge in [-0.15, -0.1) is 11.3 Å². The molecule has 1 aromatic carbocycles. The lowest BCUT2D eigenvalue weighted by atomic mass is 10.1. The van der Waals surface area contributed by atoms with Crippen molar-refractivity contribution in [3.63, 3.8) is 0 Å². The van der Waals surface area contributed by atoms with Crippen molar-refractivity contribution in [2.24, 2.45) is 0 Å². The molecule has 3 rings (SSSR count). The molecule has 0 bridgehead atoms. The first-order valence-electron chi connectivity index (χ1n) is 7.78. The minimum atomic E-state index is -0.223. The molecular formula is C19H18N2O2S. The molecule has 1 amide bonds. The summed E-state index contributed by atoms with van der Waals surface area (Å²) in [5.74, 6) is 0.417. The van der Waals surface area contributed by atoms with Gasteiger partial charge in [0.15, 0.2) is 5.13 Å². The lowest BCUT2D eigenvalue weighted by Gasteiger charge is -2.00. The van der Waals surface area contributed by atoms with Crippen molar-refractivity contribution in [1.29, 1.82) is 0 Å². The maximum atomic E-state index is 11.9. The fraction of sp³-hybridized carbons (Fsp3) is 0.158. The van der Waals surface area contributed by atoms with Crippen molar-refractivity contribution in [3.05, 3.63) is 76.7 Å². The second-order valence-electron chi connectivity index (χ2n) is 5.32. The molecule has 2 aromatic heterocycles. The minimum Gasteiger partial charge on any atom is -0.465 e. The lowest BCUT2D eigenvalue weighted by Crippen LogP contribution is -2.06. The van der Waals surface area contributed by atoms with Gasteiger partial charge in [-0.1, -0.05) is 31.2 Å². The zero-order valence-electron chi connectivity index (χ0n) is 13.4. The summed E-state index contributed by atoms with van der Waals surface area (Å²) in [4.78, 5) is 17.2. The number of hydrogen-bond acceptors (Lipinski definition) is 4. The number of aryl methyl sites for hydroxylation is 1. The molecule has 1 N–H and O–H groups in total. The minimum absolute atomic E-state index is 0.223. The number of amides is 1. The van der Waals surface area contributed by atoms with Crippen molar-refractivity contribution in [1.82, 2.24) is 4.98 Å². The van der Waals surface area contributed by atoms with Crippen LogP contribution in [0.4, 0.5) is 5.13 Å². The highest BCUT2D eigenvalue weighted by Crippen LogP contribution is 2.21. The third kappa shape index (κ3) is 4.43. The number of furan rings is 1. The largest absolute Gasteiger partial charge is 0.465 e. The molecule has 0 saturated heterocycles. The molecule has 0 aliphatic rings. The first kappa shape index (κ1) is 16.2. The van der Waals surface area contributed by atoms with Crippen LogP contribution in [-0.4, -0.2) is 10.9 Å². The number of aromatic nitrogens is 1. The highest BCUT2D eigenvalue weighted by atomic mass is 32.1. The average molecular weight is 338 g/mol. The van der Waals surface area contributed by atoms with Crippen molar-refractivity contribution in [3.8, 4) is 0 Å². The molecule has 3 aromatic rings. The van der Waals surface area contributed by atoms with Gasteiger partial charge in [0.25, 0.3) is 0 Å². The molecule has 0 unspecified atom stereocenters. The molecular weight excluding hydrogens is 320 g/mol. The van der Waals surface area contributed by atoms with Crippen molar-refractivity contribution in [2.45, 2.75) is 19.8 Å². The van der Waals surface area contributed by atoms with Gasteiger partial charge in [-0.25, -0.2) is 4.98 Å². The van der Waals surface area contributed by atoms with Crippen LogP contribution in [0, 0.1) is 0 Å². The molecule has 0 atom stereocenters. The summed E-state index contributed by atoms with van der Waals surface area (Å²) in [6.45, 7) is 2.15. The molecule has 0 aliphatic carbocycles. The number of nitrogens with zero attached hydrogens (tertiary/aromatic N) is 1. The maximum absolute atomic E-state index is 11.9. The first-order valence-corrected chi connectivity index (χ1v) is 8.59. The number of benzene rings is 1. The Hall–Kier alpha value is -2.66. The van der Waals surface area contributed by atoms with Crippen LogP contribution in [0.2, 0.25) is 0 Å². The van der Waals surface area contributed by atoms with E-state index in [-0.39, 0.29) is 5.91 Å². The van der Waals surface area contributed by atoms with Gasteiger partial charge in [0.05, 0.1) is 6.26 Å². The molecule has 0 fully saturated rings. The van der Waals surface area contributed by atoms with Crippen LogP contribution >= 0.6 is 11.3 Å². The summed E-state index contributed by atoms with van der Waals surface area (Å²) in [7, 11) is 0.